The monoisotopic (exact) mass is 487 g/mol. The molecule has 3 N–H and O–H groups in total. The second-order valence-electron chi connectivity index (χ2n) is 9.80. The summed E-state index contributed by atoms with van der Waals surface area (Å²) < 4.78 is 20.9. The van der Waals surface area contributed by atoms with Gasteiger partial charge in [-0.15, -0.1) is 0 Å². The van der Waals surface area contributed by atoms with Crippen molar-refractivity contribution in [2.45, 2.75) is 63.5 Å². The number of methoxy groups -OCH3 is 1. The number of nitrogens with one attached hydrogen (secondary N) is 1. The average Bonchev–Trinajstić information content (AvgIpc) is 3.35. The minimum Gasteiger partial charge on any atom is -0.382 e. The van der Waals surface area contributed by atoms with Crippen molar-refractivity contribution in [1.82, 2.24) is 8.75 Å². The van der Waals surface area contributed by atoms with Gasteiger partial charge in [-0.1, -0.05) is 62.4 Å². The lowest BCUT2D eigenvalue weighted by atomic mass is 9.85. The molecule has 8 heteroatoms. The minimum atomic E-state index is 0.0465. The zero-order valence-corrected chi connectivity index (χ0v) is 21.3. The maximum absolute atomic E-state index is 6.35. The summed E-state index contributed by atoms with van der Waals surface area (Å²) >= 11 is 1.29. The number of nitrogens with two attached hydrogens (primary N) is 1. The van der Waals surface area contributed by atoms with E-state index in [0.717, 1.165) is 49.9 Å². The van der Waals surface area contributed by atoms with Crippen molar-refractivity contribution in [3.8, 4) is 0 Å². The van der Waals surface area contributed by atoms with E-state index in [2.05, 4.69) is 44.9 Å². The highest BCUT2D eigenvalue weighted by Crippen LogP contribution is 2.36. The van der Waals surface area contributed by atoms with Crippen molar-refractivity contribution >= 4 is 23.4 Å². The van der Waals surface area contributed by atoms with Gasteiger partial charge in [0.05, 0.1) is 31.0 Å². The molecule has 1 aliphatic carbocycles. The molecule has 0 amide bonds. The van der Waals surface area contributed by atoms with Crippen LogP contribution in [-0.4, -0.2) is 54.7 Å². The fourth-order valence-electron chi connectivity index (χ4n) is 5.57. The molecule has 1 saturated heterocycles. The molecule has 2 heterocycles. The average molecular weight is 488 g/mol. The van der Waals surface area contributed by atoms with Gasteiger partial charge in [-0.3, -0.25) is 0 Å². The molecule has 2 aliphatic rings. The summed E-state index contributed by atoms with van der Waals surface area (Å²) in [5.74, 6) is 3.03. The summed E-state index contributed by atoms with van der Waals surface area (Å²) in [6.07, 6.45) is 10.2. The van der Waals surface area contributed by atoms with E-state index in [4.69, 9.17) is 19.6 Å². The number of aromatic nitrogens is 2. The number of benzene rings is 1. The van der Waals surface area contributed by atoms with Crippen molar-refractivity contribution in [2.75, 3.05) is 50.2 Å². The molecule has 2 aromatic rings. The number of hydrogen-bond donors (Lipinski definition) is 2. The fraction of sp³-hybridized carbons (Fsp3) is 0.692. The molecule has 3 unspecified atom stereocenters. The van der Waals surface area contributed by atoms with E-state index in [1.807, 2.05) is 0 Å². The molecule has 2 fully saturated rings. The van der Waals surface area contributed by atoms with Crippen LogP contribution in [0.1, 0.15) is 63.0 Å². The molecule has 0 bridgehead atoms. The molecule has 1 aromatic carbocycles. The van der Waals surface area contributed by atoms with Crippen LogP contribution >= 0.6 is 11.7 Å². The van der Waals surface area contributed by atoms with E-state index < -0.39 is 0 Å². The Morgan fingerprint density at radius 3 is 2.68 bits per heavy atom. The predicted molar refractivity (Wildman–Crippen MR) is 140 cm³/mol. The lowest BCUT2D eigenvalue weighted by Crippen LogP contribution is -2.40. The third-order valence-corrected chi connectivity index (χ3v) is 7.86. The van der Waals surface area contributed by atoms with Crippen LogP contribution in [0.25, 0.3) is 0 Å². The summed E-state index contributed by atoms with van der Waals surface area (Å²) in [4.78, 5) is 2.39. The number of nitrogens with zero attached hydrogens (tertiary/aromatic N) is 3. The number of rotatable bonds is 12. The van der Waals surface area contributed by atoms with Gasteiger partial charge in [-0.2, -0.15) is 8.75 Å². The summed E-state index contributed by atoms with van der Waals surface area (Å²) in [6, 6.07) is 10.8. The third kappa shape index (κ3) is 6.90. The van der Waals surface area contributed by atoms with Gasteiger partial charge in [-0.05, 0) is 30.7 Å². The smallest absolute Gasteiger partial charge is 0.186 e. The first-order valence-corrected chi connectivity index (χ1v) is 13.7. The zero-order chi connectivity index (χ0) is 23.6. The highest BCUT2D eigenvalue weighted by molar-refractivity contribution is 6.99. The largest absolute Gasteiger partial charge is 0.382 e. The van der Waals surface area contributed by atoms with Crippen LogP contribution in [0.5, 0.6) is 0 Å². The van der Waals surface area contributed by atoms with Crippen molar-refractivity contribution in [2.24, 2.45) is 17.6 Å². The summed E-state index contributed by atoms with van der Waals surface area (Å²) in [5.41, 5.74) is 7.40. The number of anilines is 2. The van der Waals surface area contributed by atoms with Crippen LogP contribution in [-0.2, 0) is 9.47 Å². The van der Waals surface area contributed by atoms with Crippen LogP contribution in [0.4, 0.5) is 11.6 Å². The molecule has 34 heavy (non-hydrogen) atoms. The molecule has 4 rings (SSSR count). The Morgan fingerprint density at radius 1 is 1.09 bits per heavy atom. The summed E-state index contributed by atoms with van der Waals surface area (Å²) in [7, 11) is 1.72. The Labute approximate surface area is 208 Å². The van der Waals surface area contributed by atoms with E-state index in [1.54, 1.807) is 7.11 Å². The zero-order valence-electron chi connectivity index (χ0n) is 20.5. The maximum atomic E-state index is 6.35. The molecular weight excluding hydrogens is 446 g/mol. The van der Waals surface area contributed by atoms with Gasteiger partial charge in [0.2, 0.25) is 0 Å². The van der Waals surface area contributed by atoms with Crippen molar-refractivity contribution < 1.29 is 9.47 Å². The first-order valence-electron chi connectivity index (χ1n) is 13.0. The Bertz CT molecular complexity index is 830. The molecule has 7 nitrogen and oxygen atoms in total. The highest BCUT2D eigenvalue weighted by Gasteiger charge is 2.31. The van der Waals surface area contributed by atoms with Gasteiger partial charge in [-0.25, -0.2) is 0 Å². The molecule has 1 aliphatic heterocycles. The van der Waals surface area contributed by atoms with Gasteiger partial charge in [0, 0.05) is 38.7 Å². The van der Waals surface area contributed by atoms with Crippen LogP contribution in [0, 0.1) is 11.8 Å². The molecule has 1 aromatic heterocycles. The standard InChI is InChI=1S/C26H41N5O2S/c1-32-15-16-33-24(21-11-6-3-7-12-21)22-13-8-14-31(19-22)26-25(29-34-30-26)28-23(18-27)17-20-9-4-2-5-10-20/h3,6-7,11-12,20,22-24H,2,4-5,8-10,13-19,27H2,1H3,(H,28,29). The first kappa shape index (κ1) is 25.4. The Balaban J connectivity index is 1.42. The van der Waals surface area contributed by atoms with E-state index in [1.165, 1.54) is 49.4 Å². The Hall–Kier alpha value is -1.74. The van der Waals surface area contributed by atoms with Gasteiger partial charge >= 0.3 is 0 Å². The summed E-state index contributed by atoms with van der Waals surface area (Å²) in [6.45, 7) is 3.72. The SMILES string of the molecule is COCCOC(c1ccccc1)C1CCCN(c2nsnc2NC(CN)CC2CCCCC2)C1. The van der Waals surface area contributed by atoms with E-state index in [-0.39, 0.29) is 12.1 Å². The highest BCUT2D eigenvalue weighted by atomic mass is 32.1. The van der Waals surface area contributed by atoms with E-state index in [0.29, 0.717) is 25.7 Å². The summed E-state index contributed by atoms with van der Waals surface area (Å²) in [5, 5.41) is 3.66. The van der Waals surface area contributed by atoms with Crippen LogP contribution in [0.2, 0.25) is 0 Å². The van der Waals surface area contributed by atoms with E-state index >= 15 is 0 Å². The first-order chi connectivity index (χ1) is 16.8. The van der Waals surface area contributed by atoms with Crippen molar-refractivity contribution in [3.63, 3.8) is 0 Å². The third-order valence-electron chi connectivity index (χ3n) is 7.34. The minimum absolute atomic E-state index is 0.0465. The lowest BCUT2D eigenvalue weighted by molar-refractivity contribution is -0.0181. The van der Waals surface area contributed by atoms with E-state index in [9.17, 15) is 0 Å². The topological polar surface area (TPSA) is 85.5 Å². The van der Waals surface area contributed by atoms with Crippen molar-refractivity contribution in [3.05, 3.63) is 35.9 Å². The number of ether oxygens (including phenoxy) is 2. The van der Waals surface area contributed by atoms with Gasteiger partial charge in [0.15, 0.2) is 11.6 Å². The fourth-order valence-corrected chi connectivity index (χ4v) is 6.11. The molecule has 0 spiro atoms. The molecule has 188 valence electrons. The van der Waals surface area contributed by atoms with Gasteiger partial charge < -0.3 is 25.4 Å². The normalized spacial score (nSPS) is 21.4. The predicted octanol–water partition coefficient (Wildman–Crippen LogP) is 4.87. The Morgan fingerprint density at radius 2 is 1.91 bits per heavy atom. The number of hydrogen-bond acceptors (Lipinski definition) is 8. The lowest BCUT2D eigenvalue weighted by Gasteiger charge is -2.37. The van der Waals surface area contributed by atoms with Crippen LogP contribution < -0.4 is 16.0 Å². The Kier molecular flexibility index (Phi) is 9.98. The van der Waals surface area contributed by atoms with Crippen LogP contribution in [0.15, 0.2) is 30.3 Å². The quantitative estimate of drug-likeness (QED) is 0.413. The second-order valence-corrected chi connectivity index (χ2v) is 10.3. The van der Waals surface area contributed by atoms with Crippen molar-refractivity contribution in [1.29, 1.82) is 0 Å². The maximum Gasteiger partial charge on any atom is 0.186 e. The molecule has 0 radical (unpaired) electrons. The van der Waals surface area contributed by atoms with Gasteiger partial charge in [0.1, 0.15) is 0 Å². The second kappa shape index (κ2) is 13.4. The number of piperidine rings is 1. The molecular formula is C26H41N5O2S. The molecule has 3 atom stereocenters. The molecule has 1 saturated carbocycles. The van der Waals surface area contributed by atoms with Gasteiger partial charge in [0.25, 0.3) is 0 Å². The van der Waals surface area contributed by atoms with Crippen LogP contribution in [0.3, 0.4) is 0 Å².